The number of nitrogens with zero attached hydrogens (tertiary/aromatic N) is 3. The maximum absolute atomic E-state index is 13.1. The average molecular weight is 249 g/mol. The van der Waals surface area contributed by atoms with Gasteiger partial charge in [0.25, 0.3) is 0 Å². The van der Waals surface area contributed by atoms with Crippen LogP contribution in [0.25, 0.3) is 11.3 Å². The number of carbonyl (C=O) groups is 1. The molecule has 2 heterocycles. The topological polar surface area (TPSA) is 68.0 Å². The van der Waals surface area contributed by atoms with Crippen LogP contribution in [0.1, 0.15) is 30.2 Å². The van der Waals surface area contributed by atoms with Crippen LogP contribution in [0.4, 0.5) is 4.39 Å². The van der Waals surface area contributed by atoms with Crippen molar-refractivity contribution in [2.24, 2.45) is 0 Å². The second-order valence-electron chi connectivity index (χ2n) is 4.16. The molecule has 0 bridgehead atoms. The second kappa shape index (κ2) is 4.56. The normalized spacial score (nSPS) is 10.9. The summed E-state index contributed by atoms with van der Waals surface area (Å²) in [6.07, 6.45) is 3.89. The number of aromatic carboxylic acids is 1. The molecule has 18 heavy (non-hydrogen) atoms. The maximum Gasteiger partial charge on any atom is 0.339 e. The molecule has 1 N–H and O–H groups in total. The van der Waals surface area contributed by atoms with Crippen LogP contribution >= 0.6 is 0 Å². The van der Waals surface area contributed by atoms with E-state index in [1.807, 2.05) is 13.8 Å². The van der Waals surface area contributed by atoms with E-state index in [0.717, 1.165) is 6.20 Å². The lowest BCUT2D eigenvalue weighted by Gasteiger charge is -2.03. The quantitative estimate of drug-likeness (QED) is 0.906. The molecular weight excluding hydrogens is 237 g/mol. The first kappa shape index (κ1) is 12.2. The average Bonchev–Trinajstić information content (AvgIpc) is 2.73. The summed E-state index contributed by atoms with van der Waals surface area (Å²) in [6.45, 7) is 3.76. The van der Waals surface area contributed by atoms with E-state index < -0.39 is 11.8 Å². The zero-order chi connectivity index (χ0) is 13.3. The van der Waals surface area contributed by atoms with E-state index >= 15 is 0 Å². The molecule has 0 atom stereocenters. The van der Waals surface area contributed by atoms with Crippen molar-refractivity contribution >= 4 is 5.97 Å². The predicted octanol–water partition coefficient (Wildman–Crippen LogP) is 2.36. The molecule has 6 heteroatoms. The minimum Gasteiger partial charge on any atom is -0.478 e. The summed E-state index contributed by atoms with van der Waals surface area (Å²) in [5, 5.41) is 13.3. The number of halogens is 1. The number of carboxylic acid groups (broad SMARTS) is 1. The molecule has 0 aliphatic rings. The molecule has 5 nitrogen and oxygen atoms in total. The lowest BCUT2D eigenvalue weighted by Crippen LogP contribution is -2.00. The van der Waals surface area contributed by atoms with Gasteiger partial charge in [-0.1, -0.05) is 0 Å². The van der Waals surface area contributed by atoms with Crippen LogP contribution in [-0.4, -0.2) is 25.8 Å². The molecule has 0 saturated carbocycles. The van der Waals surface area contributed by atoms with Crippen LogP contribution in [0, 0.1) is 5.82 Å². The third-order valence-corrected chi connectivity index (χ3v) is 2.47. The Kier molecular flexibility index (Phi) is 3.10. The SMILES string of the molecule is CC(C)n1cc(C(=O)O)c(-c2cncc(F)c2)n1. The fourth-order valence-electron chi connectivity index (χ4n) is 1.57. The highest BCUT2D eigenvalue weighted by atomic mass is 19.1. The summed E-state index contributed by atoms with van der Waals surface area (Å²) in [4.78, 5) is 14.8. The number of hydrogen-bond donors (Lipinski definition) is 1. The van der Waals surface area contributed by atoms with Gasteiger partial charge < -0.3 is 5.11 Å². The van der Waals surface area contributed by atoms with Crippen molar-refractivity contribution in [2.45, 2.75) is 19.9 Å². The van der Waals surface area contributed by atoms with Crippen molar-refractivity contribution in [3.63, 3.8) is 0 Å². The Labute approximate surface area is 103 Å². The summed E-state index contributed by atoms with van der Waals surface area (Å²) in [5.74, 6) is -1.62. The standard InChI is InChI=1S/C12H12FN3O2/c1-7(2)16-6-10(12(17)18)11(15-16)8-3-9(13)5-14-4-8/h3-7H,1-2H3,(H,17,18). The van der Waals surface area contributed by atoms with Gasteiger partial charge in [-0.15, -0.1) is 0 Å². The zero-order valence-electron chi connectivity index (χ0n) is 9.96. The largest absolute Gasteiger partial charge is 0.478 e. The third kappa shape index (κ3) is 2.22. The van der Waals surface area contributed by atoms with Gasteiger partial charge in [-0.25, -0.2) is 9.18 Å². The molecule has 94 valence electrons. The van der Waals surface area contributed by atoms with E-state index in [-0.39, 0.29) is 17.3 Å². The van der Waals surface area contributed by atoms with Gasteiger partial charge in [0.1, 0.15) is 17.1 Å². The van der Waals surface area contributed by atoms with Gasteiger partial charge in [0, 0.05) is 24.0 Å². The summed E-state index contributed by atoms with van der Waals surface area (Å²) in [7, 11) is 0. The molecule has 0 aromatic carbocycles. The van der Waals surface area contributed by atoms with Crippen LogP contribution in [0.2, 0.25) is 0 Å². The van der Waals surface area contributed by atoms with Gasteiger partial charge >= 0.3 is 5.97 Å². The molecule has 0 amide bonds. The highest BCUT2D eigenvalue weighted by Crippen LogP contribution is 2.23. The summed E-state index contributed by atoms with van der Waals surface area (Å²) >= 11 is 0. The van der Waals surface area contributed by atoms with Crippen molar-refractivity contribution in [1.29, 1.82) is 0 Å². The molecular formula is C12H12FN3O2. The number of aromatic nitrogens is 3. The molecule has 0 unspecified atom stereocenters. The Morgan fingerprint density at radius 2 is 2.17 bits per heavy atom. The van der Waals surface area contributed by atoms with Gasteiger partial charge in [-0.3, -0.25) is 9.67 Å². The minimum atomic E-state index is -1.10. The molecule has 0 aliphatic heterocycles. The van der Waals surface area contributed by atoms with E-state index in [1.54, 1.807) is 0 Å². The fourth-order valence-corrected chi connectivity index (χ4v) is 1.57. The monoisotopic (exact) mass is 249 g/mol. The Morgan fingerprint density at radius 3 is 2.72 bits per heavy atom. The van der Waals surface area contributed by atoms with Gasteiger partial charge in [-0.05, 0) is 19.9 Å². The van der Waals surface area contributed by atoms with E-state index in [4.69, 9.17) is 5.11 Å². The Bertz CT molecular complexity index is 593. The van der Waals surface area contributed by atoms with Gasteiger partial charge in [0.2, 0.25) is 0 Å². The molecule has 0 fully saturated rings. The van der Waals surface area contributed by atoms with Crippen LogP contribution < -0.4 is 0 Å². The molecule has 2 rings (SSSR count). The lowest BCUT2D eigenvalue weighted by atomic mass is 10.1. The molecule has 0 aliphatic carbocycles. The van der Waals surface area contributed by atoms with Crippen molar-refractivity contribution in [2.75, 3.05) is 0 Å². The lowest BCUT2D eigenvalue weighted by molar-refractivity contribution is 0.0697. The summed E-state index contributed by atoms with van der Waals surface area (Å²) < 4.78 is 14.6. The van der Waals surface area contributed by atoms with Crippen molar-refractivity contribution in [3.05, 3.63) is 36.0 Å². The Morgan fingerprint density at radius 1 is 1.44 bits per heavy atom. The number of rotatable bonds is 3. The van der Waals surface area contributed by atoms with Gasteiger partial charge in [0.15, 0.2) is 0 Å². The Hall–Kier alpha value is -2.24. The van der Waals surface area contributed by atoms with Crippen LogP contribution in [0.5, 0.6) is 0 Å². The first-order chi connectivity index (χ1) is 8.49. The van der Waals surface area contributed by atoms with E-state index in [1.165, 1.54) is 23.1 Å². The fraction of sp³-hybridized carbons (Fsp3) is 0.250. The minimum absolute atomic E-state index is 0.0263. The van der Waals surface area contributed by atoms with Crippen LogP contribution in [-0.2, 0) is 0 Å². The molecule has 2 aromatic rings. The van der Waals surface area contributed by atoms with Crippen molar-refractivity contribution < 1.29 is 14.3 Å². The van der Waals surface area contributed by atoms with Crippen LogP contribution in [0.15, 0.2) is 24.7 Å². The van der Waals surface area contributed by atoms with E-state index in [2.05, 4.69) is 10.1 Å². The number of hydrogen-bond acceptors (Lipinski definition) is 3. The molecule has 2 aromatic heterocycles. The molecule has 0 radical (unpaired) electrons. The highest BCUT2D eigenvalue weighted by Gasteiger charge is 2.18. The first-order valence-electron chi connectivity index (χ1n) is 5.42. The third-order valence-electron chi connectivity index (χ3n) is 2.47. The number of carboxylic acids is 1. The number of pyridine rings is 1. The molecule has 0 spiro atoms. The zero-order valence-corrected chi connectivity index (χ0v) is 9.96. The van der Waals surface area contributed by atoms with Crippen molar-refractivity contribution in [1.82, 2.24) is 14.8 Å². The Balaban J connectivity index is 2.58. The van der Waals surface area contributed by atoms with Gasteiger partial charge in [0.05, 0.1) is 6.20 Å². The highest BCUT2D eigenvalue weighted by molar-refractivity contribution is 5.94. The predicted molar refractivity (Wildman–Crippen MR) is 62.8 cm³/mol. The van der Waals surface area contributed by atoms with E-state index in [9.17, 15) is 9.18 Å². The second-order valence-corrected chi connectivity index (χ2v) is 4.16. The van der Waals surface area contributed by atoms with Crippen LogP contribution in [0.3, 0.4) is 0 Å². The van der Waals surface area contributed by atoms with Crippen molar-refractivity contribution in [3.8, 4) is 11.3 Å². The first-order valence-corrected chi connectivity index (χ1v) is 5.42. The van der Waals surface area contributed by atoms with E-state index in [0.29, 0.717) is 5.56 Å². The molecule has 0 saturated heterocycles. The summed E-state index contributed by atoms with van der Waals surface area (Å²) in [5.41, 5.74) is 0.617. The van der Waals surface area contributed by atoms with Gasteiger partial charge in [-0.2, -0.15) is 5.10 Å². The maximum atomic E-state index is 13.1. The smallest absolute Gasteiger partial charge is 0.339 e. The summed E-state index contributed by atoms with van der Waals surface area (Å²) in [6, 6.07) is 1.24.